The van der Waals surface area contributed by atoms with Crippen molar-refractivity contribution < 1.29 is 0 Å². The summed E-state index contributed by atoms with van der Waals surface area (Å²) in [6.07, 6.45) is 3.75. The maximum atomic E-state index is 2.12. The van der Waals surface area contributed by atoms with Crippen molar-refractivity contribution >= 4 is 0 Å². The summed E-state index contributed by atoms with van der Waals surface area (Å²) in [7, 11) is 0. The van der Waals surface area contributed by atoms with Gasteiger partial charge in [-0.3, -0.25) is 0 Å². The molecule has 0 nitrogen and oxygen atoms in total. The molecule has 0 saturated carbocycles. The molecule has 0 atom stereocenters. The Balaban J connectivity index is -0.00000000429. The van der Waals surface area contributed by atoms with E-state index in [-0.39, 0.29) is 44.6 Å². The SMILES string of the molecule is C.C.C.C.C.C.CCC.CCC.CCC. The quantitative estimate of drug-likeness (QED) is 0.393. The van der Waals surface area contributed by atoms with Crippen molar-refractivity contribution in [2.75, 3.05) is 0 Å². The molecule has 0 aromatic heterocycles. The van der Waals surface area contributed by atoms with Gasteiger partial charge in [-0.05, 0) is 0 Å². The van der Waals surface area contributed by atoms with Crippen molar-refractivity contribution in [2.45, 2.75) is 105 Å². The van der Waals surface area contributed by atoms with Gasteiger partial charge >= 0.3 is 0 Å². The average molecular weight is 229 g/mol. The lowest BCUT2D eigenvalue weighted by molar-refractivity contribution is 1.09. The molecule has 0 aromatic carbocycles. The lowest BCUT2D eigenvalue weighted by Gasteiger charge is -1.48. The smallest absolute Gasteiger partial charge is 0.0590 e. The molecule has 108 valence electrons. The minimum Gasteiger partial charge on any atom is -0.0776 e. The molecular formula is C15H48. The summed E-state index contributed by atoms with van der Waals surface area (Å²) in [6, 6.07) is 0. The van der Waals surface area contributed by atoms with Gasteiger partial charge in [0.05, 0.1) is 0 Å². The summed E-state index contributed by atoms with van der Waals surface area (Å²) in [6.45, 7) is 12.8. The van der Waals surface area contributed by atoms with Gasteiger partial charge in [0, 0.05) is 0 Å². The summed E-state index contributed by atoms with van der Waals surface area (Å²) < 4.78 is 0. The summed E-state index contributed by atoms with van der Waals surface area (Å²) >= 11 is 0. The third-order valence-corrected chi connectivity index (χ3v) is 0. The van der Waals surface area contributed by atoms with Crippen LogP contribution in [0.25, 0.3) is 0 Å². The van der Waals surface area contributed by atoms with E-state index in [1.807, 2.05) is 0 Å². The maximum Gasteiger partial charge on any atom is -0.0590 e. The second-order valence-electron chi connectivity index (χ2n) is 2.12. The molecule has 0 amide bonds. The first-order valence-corrected chi connectivity index (χ1v) is 4.24. The Hall–Kier alpha value is 0. The van der Waals surface area contributed by atoms with Crippen LogP contribution in [-0.4, -0.2) is 0 Å². The summed E-state index contributed by atoms with van der Waals surface area (Å²) in [5, 5.41) is 0. The van der Waals surface area contributed by atoms with Crippen LogP contribution in [0.15, 0.2) is 0 Å². The third-order valence-electron chi connectivity index (χ3n) is 0. The molecular weight excluding hydrogens is 180 g/mol. The first-order valence-electron chi connectivity index (χ1n) is 4.24. The topological polar surface area (TPSA) is 0 Å². The fourth-order valence-electron chi connectivity index (χ4n) is 0. The van der Waals surface area contributed by atoms with Crippen LogP contribution in [0.3, 0.4) is 0 Å². The molecule has 0 aliphatic heterocycles. The van der Waals surface area contributed by atoms with Crippen molar-refractivity contribution in [3.63, 3.8) is 0 Å². The zero-order valence-corrected chi connectivity index (χ0v) is 8.12. The minimum atomic E-state index is 0. The monoisotopic (exact) mass is 228 g/mol. The highest BCUT2D eigenvalue weighted by molar-refractivity contribution is 3.92. The summed E-state index contributed by atoms with van der Waals surface area (Å²) in [4.78, 5) is 0. The van der Waals surface area contributed by atoms with Crippen LogP contribution < -0.4 is 0 Å². The minimum absolute atomic E-state index is 0. The van der Waals surface area contributed by atoms with Crippen molar-refractivity contribution in [2.24, 2.45) is 0 Å². The highest BCUT2D eigenvalue weighted by Gasteiger charge is 1.36. The van der Waals surface area contributed by atoms with Crippen LogP contribution in [0.5, 0.6) is 0 Å². The predicted molar refractivity (Wildman–Crippen MR) is 88.3 cm³/mol. The van der Waals surface area contributed by atoms with Crippen LogP contribution in [-0.2, 0) is 0 Å². The zero-order chi connectivity index (χ0) is 8.12. The molecule has 0 N–H and O–H groups in total. The molecule has 15 heavy (non-hydrogen) atoms. The van der Waals surface area contributed by atoms with E-state index >= 15 is 0 Å². The number of hydrogen-bond acceptors (Lipinski definition) is 0. The Kier molecular flexibility index (Phi) is 1430. The molecule has 0 heteroatoms. The van der Waals surface area contributed by atoms with Crippen molar-refractivity contribution in [1.29, 1.82) is 0 Å². The van der Waals surface area contributed by atoms with E-state index in [1.165, 1.54) is 19.3 Å². The highest BCUT2D eigenvalue weighted by Crippen LogP contribution is 1.56. The predicted octanol–water partition coefficient (Wildman–Crippen LogP) is 8.07. The van der Waals surface area contributed by atoms with E-state index in [4.69, 9.17) is 0 Å². The van der Waals surface area contributed by atoms with Gasteiger partial charge in [0.25, 0.3) is 0 Å². The second kappa shape index (κ2) is 263. The molecule has 0 rings (SSSR count). The number of hydrogen-bond donors (Lipinski definition) is 0. The third kappa shape index (κ3) is 0. The van der Waals surface area contributed by atoms with Gasteiger partial charge in [-0.25, -0.2) is 0 Å². The molecule has 0 unspecified atom stereocenters. The van der Waals surface area contributed by atoms with Crippen LogP contribution >= 0.6 is 0 Å². The molecule has 0 aliphatic rings. The molecule has 0 radical (unpaired) electrons. The lowest BCUT2D eigenvalue weighted by Crippen LogP contribution is -1.27. The molecule has 0 saturated heterocycles. The van der Waals surface area contributed by atoms with Gasteiger partial charge < -0.3 is 0 Å². The summed E-state index contributed by atoms with van der Waals surface area (Å²) in [5.74, 6) is 0. The molecule has 0 aromatic rings. The summed E-state index contributed by atoms with van der Waals surface area (Å²) in [5.41, 5.74) is 0. The van der Waals surface area contributed by atoms with Gasteiger partial charge in [0.15, 0.2) is 0 Å². The lowest BCUT2D eigenvalue weighted by atomic mass is 10.6. The first kappa shape index (κ1) is 81.7. The normalized spacial score (nSPS) is 3.60. The molecule has 0 heterocycles. The Morgan fingerprint density at radius 3 is 0.333 bits per heavy atom. The van der Waals surface area contributed by atoms with Gasteiger partial charge in [0.1, 0.15) is 0 Å². The standard InChI is InChI=1S/3C3H8.6CH4/c3*1-3-2;;;;;;/h3*3H2,1-2H3;6*1H4. The van der Waals surface area contributed by atoms with E-state index < -0.39 is 0 Å². The molecule has 0 fully saturated rings. The fourth-order valence-corrected chi connectivity index (χ4v) is 0. The maximum absolute atomic E-state index is 2.12. The molecule has 0 spiro atoms. The van der Waals surface area contributed by atoms with Crippen LogP contribution in [0.4, 0.5) is 0 Å². The molecule has 0 aliphatic carbocycles. The van der Waals surface area contributed by atoms with E-state index in [1.54, 1.807) is 0 Å². The van der Waals surface area contributed by atoms with Crippen molar-refractivity contribution in [1.82, 2.24) is 0 Å². The second-order valence-corrected chi connectivity index (χ2v) is 2.12. The van der Waals surface area contributed by atoms with Crippen molar-refractivity contribution in [3.8, 4) is 0 Å². The van der Waals surface area contributed by atoms with Gasteiger partial charge in [-0.15, -0.1) is 0 Å². The number of rotatable bonds is 0. The van der Waals surface area contributed by atoms with Gasteiger partial charge in [0.2, 0.25) is 0 Å². The Labute approximate surface area is 106 Å². The Morgan fingerprint density at radius 2 is 0.333 bits per heavy atom. The largest absolute Gasteiger partial charge is 0.0776 e. The first-order chi connectivity index (χ1) is 4.24. The van der Waals surface area contributed by atoms with E-state index in [0.29, 0.717) is 0 Å². The van der Waals surface area contributed by atoms with Crippen LogP contribution in [0, 0.1) is 0 Å². The van der Waals surface area contributed by atoms with E-state index in [2.05, 4.69) is 41.5 Å². The van der Waals surface area contributed by atoms with Crippen LogP contribution in [0.1, 0.15) is 105 Å². The van der Waals surface area contributed by atoms with E-state index in [9.17, 15) is 0 Å². The molecule has 0 bridgehead atoms. The van der Waals surface area contributed by atoms with E-state index in [0.717, 1.165) is 0 Å². The van der Waals surface area contributed by atoms with Crippen LogP contribution in [0.2, 0.25) is 0 Å². The van der Waals surface area contributed by atoms with Gasteiger partial charge in [-0.1, -0.05) is 105 Å². The Morgan fingerprint density at radius 1 is 0.333 bits per heavy atom. The highest BCUT2D eigenvalue weighted by atomic mass is 13.4. The Bertz CT molecular complexity index is 4.75. The average Bonchev–Trinajstić information content (AvgIpc) is 1.70. The van der Waals surface area contributed by atoms with Gasteiger partial charge in [-0.2, -0.15) is 0 Å². The van der Waals surface area contributed by atoms with Crippen molar-refractivity contribution in [3.05, 3.63) is 0 Å². The zero-order valence-electron chi connectivity index (χ0n) is 8.12. The fraction of sp³-hybridized carbons (Fsp3) is 1.00.